The summed E-state index contributed by atoms with van der Waals surface area (Å²) in [5.74, 6) is -0.0362. The van der Waals surface area contributed by atoms with Crippen molar-refractivity contribution in [3.63, 3.8) is 0 Å². The summed E-state index contributed by atoms with van der Waals surface area (Å²) in [6.45, 7) is 0.787. The van der Waals surface area contributed by atoms with Crippen LogP contribution in [0, 0.1) is 11.3 Å². The van der Waals surface area contributed by atoms with Crippen molar-refractivity contribution < 1.29 is 22.7 Å². The molecule has 4 rings (SSSR count). The molecular weight excluding hydrogens is 413 g/mol. The first kappa shape index (κ1) is 20.8. The number of alkyl halides is 3. The van der Waals surface area contributed by atoms with Crippen molar-refractivity contribution in [1.82, 2.24) is 19.9 Å². The van der Waals surface area contributed by atoms with Crippen LogP contribution in [0.4, 0.5) is 19.1 Å². The molecule has 2 aromatic rings. The van der Waals surface area contributed by atoms with E-state index < -0.39 is 18.0 Å². The summed E-state index contributed by atoms with van der Waals surface area (Å²) >= 11 is 0. The van der Waals surface area contributed by atoms with Crippen LogP contribution in [0.1, 0.15) is 36.0 Å². The summed E-state index contributed by atoms with van der Waals surface area (Å²) in [4.78, 5) is 27.9. The summed E-state index contributed by atoms with van der Waals surface area (Å²) in [6.07, 6.45) is 2.18. The Bertz CT molecular complexity index is 1000. The second-order valence-electron chi connectivity index (χ2n) is 7.43. The number of anilines is 1. The van der Waals surface area contributed by atoms with E-state index in [2.05, 4.69) is 15.0 Å². The van der Waals surface area contributed by atoms with Crippen LogP contribution in [0.5, 0.6) is 5.75 Å². The Morgan fingerprint density at radius 3 is 2.52 bits per heavy atom. The molecule has 0 radical (unpaired) electrons. The molecule has 1 saturated heterocycles. The zero-order valence-corrected chi connectivity index (χ0v) is 16.5. The molecule has 0 saturated carbocycles. The van der Waals surface area contributed by atoms with Crippen LogP contribution >= 0.6 is 0 Å². The third-order valence-electron chi connectivity index (χ3n) is 5.48. The lowest BCUT2D eigenvalue weighted by Gasteiger charge is -2.37. The van der Waals surface area contributed by atoms with Crippen molar-refractivity contribution in [3.8, 4) is 11.8 Å². The molecule has 0 unspecified atom stereocenters. The predicted molar refractivity (Wildman–Crippen MR) is 102 cm³/mol. The van der Waals surface area contributed by atoms with E-state index >= 15 is 4.39 Å². The Balaban J connectivity index is 1.44. The molecular formula is C20H19F3N6O2. The third-order valence-corrected chi connectivity index (χ3v) is 5.48. The number of hydrogen-bond acceptors (Lipinski definition) is 7. The molecule has 0 atom stereocenters. The Kier molecular flexibility index (Phi) is 5.63. The highest BCUT2D eigenvalue weighted by Crippen LogP contribution is 2.33. The highest BCUT2D eigenvalue weighted by atomic mass is 19.3. The fourth-order valence-electron chi connectivity index (χ4n) is 3.74. The van der Waals surface area contributed by atoms with Gasteiger partial charge in [0.25, 0.3) is 12.3 Å². The van der Waals surface area contributed by atoms with Gasteiger partial charge in [0.15, 0.2) is 5.67 Å². The van der Waals surface area contributed by atoms with Gasteiger partial charge in [0, 0.05) is 56.3 Å². The van der Waals surface area contributed by atoms with Gasteiger partial charge in [0.05, 0.1) is 18.7 Å². The number of pyridine rings is 1. The van der Waals surface area contributed by atoms with Gasteiger partial charge in [-0.2, -0.15) is 5.26 Å². The first-order chi connectivity index (χ1) is 14.9. The van der Waals surface area contributed by atoms with Crippen LogP contribution in [-0.2, 0) is 11.3 Å². The molecule has 0 aromatic carbocycles. The van der Waals surface area contributed by atoms with E-state index in [1.807, 2.05) is 6.07 Å². The van der Waals surface area contributed by atoms with Crippen molar-refractivity contribution in [2.75, 3.05) is 31.1 Å². The van der Waals surface area contributed by atoms with Gasteiger partial charge in [-0.3, -0.25) is 9.78 Å². The van der Waals surface area contributed by atoms with E-state index in [0.29, 0.717) is 11.3 Å². The van der Waals surface area contributed by atoms with Crippen LogP contribution in [0.2, 0.25) is 0 Å². The number of fused-ring (bicyclic) bond motifs is 1. The summed E-state index contributed by atoms with van der Waals surface area (Å²) in [5, 5.41) is 9.20. The Labute approximate surface area is 176 Å². The minimum Gasteiger partial charge on any atom is -0.490 e. The average Bonchev–Trinajstić information content (AvgIpc) is 3.01. The molecule has 2 aliphatic heterocycles. The predicted octanol–water partition coefficient (Wildman–Crippen LogP) is 2.41. The summed E-state index contributed by atoms with van der Waals surface area (Å²) in [5.41, 5.74) is -1.52. The number of rotatable bonds is 3. The minimum absolute atomic E-state index is 0.0769. The maximum absolute atomic E-state index is 15.6. The van der Waals surface area contributed by atoms with E-state index in [0.717, 1.165) is 12.4 Å². The monoisotopic (exact) mass is 432 g/mol. The maximum Gasteiger partial charge on any atom is 0.266 e. The van der Waals surface area contributed by atoms with Gasteiger partial charge in [0.2, 0.25) is 5.95 Å². The van der Waals surface area contributed by atoms with Crippen LogP contribution in [0.25, 0.3) is 0 Å². The van der Waals surface area contributed by atoms with Crippen LogP contribution in [0.15, 0.2) is 24.8 Å². The number of nitriles is 1. The van der Waals surface area contributed by atoms with Crippen molar-refractivity contribution >= 4 is 11.9 Å². The SMILES string of the molecule is N#Cc1cncc2c1OCCN(C(=O)C1(F)CCN(c3ncc(C(F)F)cn3)CC1)C2. The van der Waals surface area contributed by atoms with Crippen molar-refractivity contribution in [3.05, 3.63) is 41.5 Å². The van der Waals surface area contributed by atoms with E-state index in [1.165, 1.54) is 17.3 Å². The number of ether oxygens (including phenoxy) is 1. The van der Waals surface area contributed by atoms with Crippen molar-refractivity contribution in [2.45, 2.75) is 31.5 Å². The quantitative estimate of drug-likeness (QED) is 0.735. The Hall–Kier alpha value is -3.42. The lowest BCUT2D eigenvalue weighted by Crippen LogP contribution is -2.53. The smallest absolute Gasteiger partial charge is 0.266 e. The minimum atomic E-state index is -2.66. The summed E-state index contributed by atoms with van der Waals surface area (Å²) < 4.78 is 46.5. The topological polar surface area (TPSA) is 95.2 Å². The maximum atomic E-state index is 15.6. The fraction of sp³-hybridized carbons (Fsp3) is 0.450. The van der Waals surface area contributed by atoms with Gasteiger partial charge < -0.3 is 14.5 Å². The molecule has 0 bridgehead atoms. The average molecular weight is 432 g/mol. The number of amides is 1. The van der Waals surface area contributed by atoms with E-state index in [4.69, 9.17) is 4.74 Å². The molecule has 0 aliphatic carbocycles. The molecule has 0 N–H and O–H groups in total. The molecule has 1 amide bonds. The molecule has 31 heavy (non-hydrogen) atoms. The molecule has 1 fully saturated rings. The highest BCUT2D eigenvalue weighted by molar-refractivity contribution is 5.85. The normalized spacial score (nSPS) is 18.0. The number of aromatic nitrogens is 3. The van der Waals surface area contributed by atoms with Gasteiger partial charge >= 0.3 is 0 Å². The lowest BCUT2D eigenvalue weighted by atomic mass is 9.91. The molecule has 4 heterocycles. The number of nitrogens with zero attached hydrogens (tertiary/aromatic N) is 6. The first-order valence-electron chi connectivity index (χ1n) is 9.74. The standard InChI is InChI=1S/C20H19F3N6O2/c21-17(22)14-10-26-19(27-11-14)28-3-1-20(23,2-4-28)18(30)29-5-6-31-16-13(7-24)8-25-9-15(16)12-29/h8-11,17H,1-6,12H2. The number of hydrogen-bond donors (Lipinski definition) is 0. The van der Waals surface area contributed by atoms with Gasteiger partial charge in [-0.15, -0.1) is 0 Å². The lowest BCUT2D eigenvalue weighted by molar-refractivity contribution is -0.146. The largest absolute Gasteiger partial charge is 0.490 e. The van der Waals surface area contributed by atoms with E-state index in [1.54, 1.807) is 4.90 Å². The number of piperidine rings is 1. The van der Waals surface area contributed by atoms with Crippen molar-refractivity contribution in [2.24, 2.45) is 0 Å². The van der Waals surface area contributed by atoms with Crippen LogP contribution < -0.4 is 9.64 Å². The Morgan fingerprint density at radius 1 is 1.16 bits per heavy atom. The second-order valence-corrected chi connectivity index (χ2v) is 7.43. The third kappa shape index (κ3) is 4.10. The molecule has 0 spiro atoms. The number of carbonyl (C=O) groups is 1. The Morgan fingerprint density at radius 2 is 1.87 bits per heavy atom. The highest BCUT2D eigenvalue weighted by Gasteiger charge is 2.45. The zero-order valence-electron chi connectivity index (χ0n) is 16.5. The molecule has 2 aromatic heterocycles. The van der Waals surface area contributed by atoms with Gasteiger partial charge in [-0.05, 0) is 0 Å². The number of carbonyl (C=O) groups excluding carboxylic acids is 1. The van der Waals surface area contributed by atoms with Gasteiger partial charge in [0.1, 0.15) is 24.0 Å². The second kappa shape index (κ2) is 8.37. The summed E-state index contributed by atoms with van der Waals surface area (Å²) in [7, 11) is 0. The molecule has 11 heteroatoms. The van der Waals surface area contributed by atoms with Gasteiger partial charge in [-0.1, -0.05) is 0 Å². The zero-order chi connectivity index (χ0) is 22.0. The molecule has 162 valence electrons. The summed E-state index contributed by atoms with van der Waals surface area (Å²) in [6, 6.07) is 2.00. The number of halogens is 3. The fourth-order valence-corrected chi connectivity index (χ4v) is 3.74. The molecule has 8 nitrogen and oxygen atoms in total. The van der Waals surface area contributed by atoms with E-state index in [9.17, 15) is 18.8 Å². The van der Waals surface area contributed by atoms with Crippen molar-refractivity contribution in [1.29, 1.82) is 5.26 Å². The first-order valence-corrected chi connectivity index (χ1v) is 9.74. The van der Waals surface area contributed by atoms with Crippen LogP contribution in [-0.4, -0.2) is 57.7 Å². The molecule has 2 aliphatic rings. The van der Waals surface area contributed by atoms with E-state index in [-0.39, 0.29) is 62.7 Å². The van der Waals surface area contributed by atoms with Gasteiger partial charge in [-0.25, -0.2) is 23.1 Å². The van der Waals surface area contributed by atoms with Crippen LogP contribution in [0.3, 0.4) is 0 Å².